The minimum absolute atomic E-state index is 0.0130. The summed E-state index contributed by atoms with van der Waals surface area (Å²) < 4.78 is 11.9. The molecule has 1 aromatic rings. The molecule has 1 amide bonds. The van der Waals surface area contributed by atoms with Crippen LogP contribution < -0.4 is 4.74 Å². The van der Waals surface area contributed by atoms with Crippen molar-refractivity contribution < 1.29 is 24.2 Å². The largest absolute Gasteiger partial charge is 0.494 e. The number of aliphatic hydroxyl groups is 1. The number of carbonyl (C=O) groups is 2. The molecule has 0 aromatic heterocycles. The quantitative estimate of drug-likeness (QED) is 0.762. The van der Waals surface area contributed by atoms with Crippen LogP contribution >= 0.6 is 0 Å². The molecule has 1 fully saturated rings. The zero-order valence-corrected chi connectivity index (χ0v) is 16.9. The van der Waals surface area contributed by atoms with E-state index in [1.54, 1.807) is 4.90 Å². The number of aliphatic hydroxyl groups excluding tert-OH is 1. The van der Waals surface area contributed by atoms with Gasteiger partial charge in [0.1, 0.15) is 11.9 Å². The molecule has 0 radical (unpaired) electrons. The van der Waals surface area contributed by atoms with E-state index in [-0.39, 0.29) is 36.1 Å². The molecule has 4 rings (SSSR count). The van der Waals surface area contributed by atoms with Crippen LogP contribution in [0.5, 0.6) is 5.75 Å². The number of nitrogens with zero attached hydrogens (tertiary/aromatic N) is 1. The van der Waals surface area contributed by atoms with Crippen molar-refractivity contribution in [3.8, 4) is 5.75 Å². The molecule has 1 saturated carbocycles. The highest BCUT2D eigenvalue weighted by Gasteiger charge is 2.51. The molecule has 3 atom stereocenters. The van der Waals surface area contributed by atoms with Crippen LogP contribution in [0.3, 0.4) is 0 Å². The summed E-state index contributed by atoms with van der Waals surface area (Å²) in [6, 6.07) is 7.14. The average Bonchev–Trinajstić information content (AvgIpc) is 3.03. The molecule has 6 heteroatoms. The van der Waals surface area contributed by atoms with Gasteiger partial charge in [0.25, 0.3) is 5.91 Å². The zero-order valence-electron chi connectivity index (χ0n) is 16.9. The second-order valence-corrected chi connectivity index (χ2v) is 8.05. The maximum atomic E-state index is 13.4. The zero-order chi connectivity index (χ0) is 20.4. The lowest BCUT2D eigenvalue weighted by atomic mass is 9.77. The smallest absolute Gasteiger partial charge is 0.290 e. The molecule has 3 aliphatic rings. The van der Waals surface area contributed by atoms with Gasteiger partial charge in [0.2, 0.25) is 0 Å². The second kappa shape index (κ2) is 8.57. The van der Waals surface area contributed by atoms with Crippen molar-refractivity contribution in [3.05, 3.63) is 41.2 Å². The Hall–Kier alpha value is -2.34. The topological polar surface area (TPSA) is 76.1 Å². The van der Waals surface area contributed by atoms with Crippen LogP contribution in [0.15, 0.2) is 35.6 Å². The standard InChI is InChI=1S/C23H29NO5/c1-2-13-28-16-8-5-7-15(14-16)20-19-21(26)17-9-3-4-10-18(17)29-22(19)23(27)24(20)11-6-12-25/h5,7-8,14,17-18,20,25H,2-4,6,9-13H2,1H3. The van der Waals surface area contributed by atoms with Crippen molar-refractivity contribution in [1.82, 2.24) is 4.90 Å². The number of amides is 1. The van der Waals surface area contributed by atoms with Gasteiger partial charge in [-0.2, -0.15) is 0 Å². The number of hydrogen-bond donors (Lipinski definition) is 1. The first-order valence-electron chi connectivity index (χ1n) is 10.7. The maximum Gasteiger partial charge on any atom is 0.290 e. The van der Waals surface area contributed by atoms with Crippen molar-refractivity contribution in [2.75, 3.05) is 19.8 Å². The Morgan fingerprint density at radius 2 is 2.07 bits per heavy atom. The van der Waals surface area contributed by atoms with Crippen LogP contribution in [0, 0.1) is 5.92 Å². The molecule has 0 spiro atoms. The molecule has 156 valence electrons. The molecule has 1 aliphatic carbocycles. The Balaban J connectivity index is 1.73. The van der Waals surface area contributed by atoms with Gasteiger partial charge in [0.05, 0.1) is 24.1 Å². The van der Waals surface area contributed by atoms with E-state index in [9.17, 15) is 14.7 Å². The van der Waals surface area contributed by atoms with Crippen molar-refractivity contribution in [3.63, 3.8) is 0 Å². The molecule has 3 unspecified atom stereocenters. The van der Waals surface area contributed by atoms with Crippen molar-refractivity contribution >= 4 is 11.7 Å². The van der Waals surface area contributed by atoms with Gasteiger partial charge in [-0.1, -0.05) is 25.5 Å². The SMILES string of the molecule is CCCOc1cccc(C2C3=C(OC4CCCCC4C3=O)C(=O)N2CCCO)c1. The summed E-state index contributed by atoms with van der Waals surface area (Å²) in [5.41, 5.74) is 1.34. The predicted octanol–water partition coefficient (Wildman–Crippen LogP) is 3.15. The van der Waals surface area contributed by atoms with E-state index in [4.69, 9.17) is 9.47 Å². The third-order valence-corrected chi connectivity index (χ3v) is 6.06. The Labute approximate surface area is 171 Å². The monoisotopic (exact) mass is 399 g/mol. The normalized spacial score (nSPS) is 26.3. The van der Waals surface area contributed by atoms with Crippen molar-refractivity contribution in [2.45, 2.75) is 57.6 Å². The van der Waals surface area contributed by atoms with Gasteiger partial charge in [0, 0.05) is 13.2 Å². The van der Waals surface area contributed by atoms with E-state index < -0.39 is 6.04 Å². The van der Waals surface area contributed by atoms with Crippen molar-refractivity contribution in [2.24, 2.45) is 5.92 Å². The lowest BCUT2D eigenvalue weighted by Crippen LogP contribution is -2.39. The molecular formula is C23H29NO5. The van der Waals surface area contributed by atoms with Crippen LogP contribution in [0.25, 0.3) is 0 Å². The molecule has 1 N–H and O–H groups in total. The van der Waals surface area contributed by atoms with Crippen LogP contribution in [0.2, 0.25) is 0 Å². The minimum Gasteiger partial charge on any atom is -0.494 e. The fraction of sp³-hybridized carbons (Fsp3) is 0.565. The van der Waals surface area contributed by atoms with E-state index in [1.165, 1.54) is 0 Å². The highest BCUT2D eigenvalue weighted by Crippen LogP contribution is 2.47. The number of Topliss-reactive ketones (excluding diaryl/α,β-unsaturated/α-hetero) is 1. The van der Waals surface area contributed by atoms with Gasteiger partial charge in [-0.05, 0) is 49.8 Å². The van der Waals surface area contributed by atoms with Crippen LogP contribution in [-0.4, -0.2) is 47.6 Å². The fourth-order valence-corrected chi connectivity index (χ4v) is 4.71. The van der Waals surface area contributed by atoms with Gasteiger partial charge in [-0.15, -0.1) is 0 Å². The Kier molecular flexibility index (Phi) is 5.90. The lowest BCUT2D eigenvalue weighted by molar-refractivity contribution is -0.135. The van der Waals surface area contributed by atoms with Gasteiger partial charge in [0.15, 0.2) is 11.5 Å². The molecule has 2 heterocycles. The van der Waals surface area contributed by atoms with E-state index in [0.717, 1.165) is 43.4 Å². The summed E-state index contributed by atoms with van der Waals surface area (Å²) >= 11 is 0. The van der Waals surface area contributed by atoms with Crippen LogP contribution in [0.1, 0.15) is 57.1 Å². The summed E-state index contributed by atoms with van der Waals surface area (Å²) in [6.45, 7) is 3.02. The minimum atomic E-state index is -0.482. The third kappa shape index (κ3) is 3.66. The first-order valence-corrected chi connectivity index (χ1v) is 10.7. The summed E-state index contributed by atoms with van der Waals surface area (Å²) in [5.74, 6) is 0.611. The highest BCUT2D eigenvalue weighted by atomic mass is 16.5. The molecule has 0 bridgehead atoms. The van der Waals surface area contributed by atoms with E-state index in [1.807, 2.05) is 31.2 Å². The van der Waals surface area contributed by atoms with E-state index in [2.05, 4.69) is 0 Å². The summed E-state index contributed by atoms with van der Waals surface area (Å²) in [4.78, 5) is 28.3. The number of fused-ring (bicyclic) bond motifs is 1. The van der Waals surface area contributed by atoms with Gasteiger partial charge in [-0.3, -0.25) is 9.59 Å². The number of ether oxygens (including phenoxy) is 2. The second-order valence-electron chi connectivity index (χ2n) is 8.05. The first kappa shape index (κ1) is 20.0. The van der Waals surface area contributed by atoms with Crippen LogP contribution in [-0.2, 0) is 14.3 Å². The molecule has 1 aromatic carbocycles. The van der Waals surface area contributed by atoms with Crippen molar-refractivity contribution in [1.29, 1.82) is 0 Å². The van der Waals surface area contributed by atoms with Gasteiger partial charge in [-0.25, -0.2) is 0 Å². The third-order valence-electron chi connectivity index (χ3n) is 6.06. The average molecular weight is 399 g/mol. The van der Waals surface area contributed by atoms with Crippen LogP contribution in [0.4, 0.5) is 0 Å². The van der Waals surface area contributed by atoms with Gasteiger partial charge >= 0.3 is 0 Å². The Morgan fingerprint density at radius 1 is 1.24 bits per heavy atom. The number of carbonyl (C=O) groups excluding carboxylic acids is 2. The number of ketones is 1. The molecular weight excluding hydrogens is 370 g/mol. The summed E-state index contributed by atoms with van der Waals surface area (Å²) in [6.07, 6.45) is 4.86. The fourth-order valence-electron chi connectivity index (χ4n) is 4.71. The Morgan fingerprint density at radius 3 is 2.86 bits per heavy atom. The molecule has 2 aliphatic heterocycles. The number of rotatable bonds is 7. The Bertz CT molecular complexity index is 817. The molecule has 0 saturated heterocycles. The summed E-state index contributed by atoms with van der Waals surface area (Å²) in [7, 11) is 0. The first-order chi connectivity index (χ1) is 14.2. The summed E-state index contributed by atoms with van der Waals surface area (Å²) in [5, 5.41) is 9.32. The van der Waals surface area contributed by atoms with E-state index >= 15 is 0 Å². The lowest BCUT2D eigenvalue weighted by Gasteiger charge is -2.35. The number of hydrogen-bond acceptors (Lipinski definition) is 5. The molecule has 6 nitrogen and oxygen atoms in total. The van der Waals surface area contributed by atoms with Gasteiger partial charge < -0.3 is 19.5 Å². The number of benzene rings is 1. The highest BCUT2D eigenvalue weighted by molar-refractivity contribution is 6.11. The van der Waals surface area contributed by atoms with E-state index in [0.29, 0.717) is 25.1 Å². The molecule has 29 heavy (non-hydrogen) atoms. The predicted molar refractivity (Wildman–Crippen MR) is 107 cm³/mol. The maximum absolute atomic E-state index is 13.4.